The standard InChI is InChI=1S/C17H24N2O2S.ClH/c18-8-3-11-21-13-6-9-19(10-7-13)17(20)15-12-22-16-5-2-1-4-14(15)16;/h1-2,4-5,13,15H,3,6-12,18H2;1H. The molecule has 0 bridgehead atoms. The average molecular weight is 357 g/mol. The van der Waals surface area contributed by atoms with Crippen LogP contribution in [0.25, 0.3) is 0 Å². The average Bonchev–Trinajstić information content (AvgIpc) is 2.99. The molecule has 1 aromatic rings. The number of benzene rings is 1. The molecule has 1 amide bonds. The van der Waals surface area contributed by atoms with Crippen LogP contribution < -0.4 is 5.73 Å². The van der Waals surface area contributed by atoms with E-state index in [1.165, 1.54) is 10.5 Å². The summed E-state index contributed by atoms with van der Waals surface area (Å²) in [6, 6.07) is 8.29. The second-order valence-electron chi connectivity index (χ2n) is 5.94. The van der Waals surface area contributed by atoms with E-state index in [4.69, 9.17) is 10.5 Å². The number of nitrogens with zero attached hydrogens (tertiary/aromatic N) is 1. The minimum absolute atomic E-state index is 0. The highest BCUT2D eigenvalue weighted by Gasteiger charge is 2.33. The minimum atomic E-state index is 0. The summed E-state index contributed by atoms with van der Waals surface area (Å²) in [5, 5.41) is 0. The van der Waals surface area contributed by atoms with Gasteiger partial charge in [-0.05, 0) is 37.4 Å². The molecule has 1 atom stereocenters. The van der Waals surface area contributed by atoms with E-state index in [0.717, 1.165) is 44.7 Å². The first-order valence-electron chi connectivity index (χ1n) is 8.12. The van der Waals surface area contributed by atoms with E-state index in [0.29, 0.717) is 12.6 Å². The van der Waals surface area contributed by atoms with Crippen molar-refractivity contribution in [2.45, 2.75) is 36.2 Å². The summed E-state index contributed by atoms with van der Waals surface area (Å²) in [4.78, 5) is 16.1. The van der Waals surface area contributed by atoms with E-state index in [-0.39, 0.29) is 24.2 Å². The van der Waals surface area contributed by atoms with Crippen molar-refractivity contribution in [1.29, 1.82) is 0 Å². The van der Waals surface area contributed by atoms with Crippen molar-refractivity contribution >= 4 is 30.1 Å². The maximum absolute atomic E-state index is 12.8. The zero-order chi connectivity index (χ0) is 15.4. The van der Waals surface area contributed by atoms with Crippen LogP contribution in [0.4, 0.5) is 0 Å². The molecule has 2 N–H and O–H groups in total. The Morgan fingerprint density at radius 3 is 2.78 bits per heavy atom. The molecule has 3 rings (SSSR count). The zero-order valence-electron chi connectivity index (χ0n) is 13.3. The number of amides is 1. The molecule has 0 spiro atoms. The van der Waals surface area contributed by atoms with Crippen LogP contribution in [0.15, 0.2) is 29.2 Å². The van der Waals surface area contributed by atoms with E-state index in [1.807, 2.05) is 17.0 Å². The fourth-order valence-corrected chi connectivity index (χ4v) is 4.38. The molecular weight excluding hydrogens is 332 g/mol. The number of piperidine rings is 1. The molecule has 1 unspecified atom stereocenters. The summed E-state index contributed by atoms with van der Waals surface area (Å²) in [6.45, 7) is 3.04. The number of thioether (sulfide) groups is 1. The number of halogens is 1. The van der Waals surface area contributed by atoms with Crippen LogP contribution >= 0.6 is 24.2 Å². The van der Waals surface area contributed by atoms with Crippen LogP contribution in [-0.4, -0.2) is 48.9 Å². The number of hydrogen-bond acceptors (Lipinski definition) is 4. The number of carbonyl (C=O) groups excluding carboxylic acids is 1. The van der Waals surface area contributed by atoms with E-state index >= 15 is 0 Å². The molecule has 23 heavy (non-hydrogen) atoms. The molecule has 1 fully saturated rings. The third-order valence-corrected chi connectivity index (χ3v) is 5.64. The van der Waals surface area contributed by atoms with Crippen molar-refractivity contribution in [1.82, 2.24) is 4.90 Å². The summed E-state index contributed by atoms with van der Waals surface area (Å²) in [7, 11) is 0. The molecule has 0 aliphatic carbocycles. The third kappa shape index (κ3) is 4.41. The van der Waals surface area contributed by atoms with Gasteiger partial charge in [0.1, 0.15) is 0 Å². The second-order valence-corrected chi connectivity index (χ2v) is 7.00. The largest absolute Gasteiger partial charge is 0.378 e. The van der Waals surface area contributed by atoms with Gasteiger partial charge in [0.2, 0.25) is 5.91 Å². The Labute approximate surface area is 148 Å². The summed E-state index contributed by atoms with van der Waals surface area (Å²) in [6.07, 6.45) is 3.09. The Morgan fingerprint density at radius 2 is 2.04 bits per heavy atom. The lowest BCUT2D eigenvalue weighted by atomic mass is 9.98. The van der Waals surface area contributed by atoms with Crippen molar-refractivity contribution in [3.63, 3.8) is 0 Å². The van der Waals surface area contributed by atoms with E-state index < -0.39 is 0 Å². The van der Waals surface area contributed by atoms with Crippen LogP contribution in [0.1, 0.15) is 30.7 Å². The Kier molecular flexibility index (Phi) is 7.21. The third-order valence-electron chi connectivity index (χ3n) is 4.45. The second kappa shape index (κ2) is 8.92. The van der Waals surface area contributed by atoms with Crippen LogP contribution in [0.2, 0.25) is 0 Å². The van der Waals surface area contributed by atoms with Crippen molar-refractivity contribution in [3.8, 4) is 0 Å². The van der Waals surface area contributed by atoms with Crippen LogP contribution in [0.3, 0.4) is 0 Å². The zero-order valence-corrected chi connectivity index (χ0v) is 14.9. The van der Waals surface area contributed by atoms with Crippen molar-refractivity contribution < 1.29 is 9.53 Å². The first kappa shape index (κ1) is 18.6. The predicted octanol–water partition coefficient (Wildman–Crippen LogP) is 2.65. The Hall–Kier alpha value is -0.750. The van der Waals surface area contributed by atoms with Crippen molar-refractivity contribution in [2.75, 3.05) is 32.0 Å². The lowest BCUT2D eigenvalue weighted by Gasteiger charge is -2.33. The summed E-state index contributed by atoms with van der Waals surface area (Å²) in [5.41, 5.74) is 6.69. The maximum atomic E-state index is 12.8. The summed E-state index contributed by atoms with van der Waals surface area (Å²) in [5.74, 6) is 1.21. The number of carbonyl (C=O) groups is 1. The molecule has 6 heteroatoms. The molecule has 1 aromatic carbocycles. The first-order chi connectivity index (χ1) is 10.8. The molecule has 2 heterocycles. The topological polar surface area (TPSA) is 55.6 Å². The monoisotopic (exact) mass is 356 g/mol. The Balaban J connectivity index is 0.00000192. The Bertz CT molecular complexity index is 521. The van der Waals surface area contributed by atoms with Gasteiger partial charge in [0, 0.05) is 30.3 Å². The van der Waals surface area contributed by atoms with Crippen LogP contribution in [0, 0.1) is 0 Å². The molecular formula is C17H25ClN2O2S. The van der Waals surface area contributed by atoms with Gasteiger partial charge in [0.25, 0.3) is 0 Å². The highest BCUT2D eigenvalue weighted by atomic mass is 35.5. The van der Waals surface area contributed by atoms with Crippen molar-refractivity contribution in [2.24, 2.45) is 5.73 Å². The minimum Gasteiger partial charge on any atom is -0.378 e. The van der Waals surface area contributed by atoms with E-state index in [9.17, 15) is 4.79 Å². The van der Waals surface area contributed by atoms with Crippen molar-refractivity contribution in [3.05, 3.63) is 29.8 Å². The lowest BCUT2D eigenvalue weighted by Crippen LogP contribution is -2.43. The molecule has 4 nitrogen and oxygen atoms in total. The smallest absolute Gasteiger partial charge is 0.231 e. The number of fused-ring (bicyclic) bond motifs is 1. The van der Waals surface area contributed by atoms with Gasteiger partial charge in [-0.1, -0.05) is 18.2 Å². The maximum Gasteiger partial charge on any atom is 0.231 e. The fraction of sp³-hybridized carbons (Fsp3) is 0.588. The van der Waals surface area contributed by atoms with Gasteiger partial charge < -0.3 is 15.4 Å². The fourth-order valence-electron chi connectivity index (χ4n) is 3.16. The quantitative estimate of drug-likeness (QED) is 0.824. The molecule has 2 aliphatic rings. The normalized spacial score (nSPS) is 20.9. The van der Waals surface area contributed by atoms with Gasteiger partial charge in [-0.2, -0.15) is 0 Å². The summed E-state index contributed by atoms with van der Waals surface area (Å²) < 4.78 is 5.81. The SMILES string of the molecule is Cl.NCCCOC1CCN(C(=O)C2CSc3ccccc32)CC1. The van der Waals surface area contributed by atoms with Crippen LogP contribution in [0.5, 0.6) is 0 Å². The first-order valence-corrected chi connectivity index (χ1v) is 9.10. The number of nitrogens with two attached hydrogens (primary N) is 1. The number of rotatable bonds is 5. The molecule has 2 aliphatic heterocycles. The van der Waals surface area contributed by atoms with Gasteiger partial charge in [0.05, 0.1) is 12.0 Å². The predicted molar refractivity (Wildman–Crippen MR) is 96.4 cm³/mol. The van der Waals surface area contributed by atoms with Crippen LogP contribution in [-0.2, 0) is 9.53 Å². The Morgan fingerprint density at radius 1 is 1.30 bits per heavy atom. The number of ether oxygens (including phenoxy) is 1. The molecule has 0 radical (unpaired) electrons. The highest BCUT2D eigenvalue weighted by molar-refractivity contribution is 7.99. The summed E-state index contributed by atoms with van der Waals surface area (Å²) >= 11 is 1.80. The van der Waals surface area contributed by atoms with Gasteiger partial charge in [-0.15, -0.1) is 24.2 Å². The molecule has 0 saturated carbocycles. The number of likely N-dealkylation sites (tertiary alicyclic amines) is 1. The van der Waals surface area contributed by atoms with E-state index in [2.05, 4.69) is 12.1 Å². The van der Waals surface area contributed by atoms with Gasteiger partial charge in [0.15, 0.2) is 0 Å². The molecule has 0 aromatic heterocycles. The molecule has 128 valence electrons. The number of hydrogen-bond donors (Lipinski definition) is 1. The van der Waals surface area contributed by atoms with Gasteiger partial charge in [-0.25, -0.2) is 0 Å². The van der Waals surface area contributed by atoms with Gasteiger partial charge in [-0.3, -0.25) is 4.79 Å². The highest BCUT2D eigenvalue weighted by Crippen LogP contribution is 2.40. The molecule has 1 saturated heterocycles. The lowest BCUT2D eigenvalue weighted by molar-refractivity contribution is -0.134. The van der Waals surface area contributed by atoms with Gasteiger partial charge >= 0.3 is 0 Å². The van der Waals surface area contributed by atoms with E-state index in [1.54, 1.807) is 11.8 Å².